The Morgan fingerprint density at radius 3 is 2.76 bits per heavy atom. The van der Waals surface area contributed by atoms with Crippen molar-refractivity contribution in [3.8, 4) is 0 Å². The van der Waals surface area contributed by atoms with E-state index in [2.05, 4.69) is 5.32 Å². The van der Waals surface area contributed by atoms with Crippen LogP contribution in [0.5, 0.6) is 0 Å². The number of aromatic nitrogens is 1. The van der Waals surface area contributed by atoms with Crippen LogP contribution in [-0.4, -0.2) is 23.5 Å². The molecular formula is C15H26ClN3OS. The average molecular weight is 332 g/mol. The second-order valence-electron chi connectivity index (χ2n) is 5.73. The van der Waals surface area contributed by atoms with Crippen molar-refractivity contribution in [1.82, 2.24) is 10.3 Å². The molecule has 0 spiro atoms. The van der Waals surface area contributed by atoms with E-state index < -0.39 is 0 Å². The number of aryl methyl sites for hydroxylation is 3. The van der Waals surface area contributed by atoms with Gasteiger partial charge in [-0.2, -0.15) is 0 Å². The van der Waals surface area contributed by atoms with Crippen LogP contribution in [0.25, 0.3) is 0 Å². The maximum atomic E-state index is 11.8. The van der Waals surface area contributed by atoms with Crippen molar-refractivity contribution in [3.63, 3.8) is 0 Å². The molecule has 3 N–H and O–H groups in total. The molecule has 0 saturated carbocycles. The van der Waals surface area contributed by atoms with Crippen molar-refractivity contribution in [2.75, 3.05) is 6.54 Å². The Kier molecular flexibility index (Phi) is 7.63. The quantitative estimate of drug-likeness (QED) is 0.787. The minimum Gasteiger partial charge on any atom is -0.356 e. The van der Waals surface area contributed by atoms with E-state index >= 15 is 0 Å². The monoisotopic (exact) mass is 331 g/mol. The van der Waals surface area contributed by atoms with Crippen molar-refractivity contribution < 1.29 is 4.79 Å². The van der Waals surface area contributed by atoms with Gasteiger partial charge < -0.3 is 11.1 Å². The number of amides is 1. The molecule has 1 aromatic rings. The summed E-state index contributed by atoms with van der Waals surface area (Å²) in [5.74, 6) is -0.0689. The maximum absolute atomic E-state index is 11.8. The van der Waals surface area contributed by atoms with E-state index in [1.54, 1.807) is 0 Å². The number of hydrogen-bond acceptors (Lipinski definition) is 4. The highest BCUT2D eigenvalue weighted by atomic mass is 35.5. The number of halogens is 1. The van der Waals surface area contributed by atoms with Crippen molar-refractivity contribution >= 4 is 29.7 Å². The Morgan fingerprint density at radius 2 is 2.10 bits per heavy atom. The van der Waals surface area contributed by atoms with Crippen LogP contribution < -0.4 is 11.1 Å². The van der Waals surface area contributed by atoms with E-state index in [9.17, 15) is 4.79 Å². The highest BCUT2D eigenvalue weighted by Crippen LogP contribution is 2.27. The number of nitrogens with one attached hydrogen (secondary N) is 1. The molecule has 0 aromatic carbocycles. The molecule has 0 aliphatic heterocycles. The van der Waals surface area contributed by atoms with Crippen molar-refractivity contribution in [1.29, 1.82) is 0 Å². The molecule has 1 amide bonds. The zero-order chi connectivity index (χ0) is 14.5. The van der Waals surface area contributed by atoms with Gasteiger partial charge in [-0.3, -0.25) is 4.79 Å². The summed E-state index contributed by atoms with van der Waals surface area (Å²) in [6, 6.07) is -0.0966. The first-order chi connectivity index (χ1) is 9.58. The van der Waals surface area contributed by atoms with Gasteiger partial charge >= 0.3 is 0 Å². The summed E-state index contributed by atoms with van der Waals surface area (Å²) in [5.41, 5.74) is 7.04. The topological polar surface area (TPSA) is 68.0 Å². The summed E-state index contributed by atoms with van der Waals surface area (Å²) in [7, 11) is 0. The van der Waals surface area contributed by atoms with E-state index in [-0.39, 0.29) is 30.3 Å². The zero-order valence-electron chi connectivity index (χ0n) is 12.9. The second-order valence-corrected chi connectivity index (χ2v) is 6.90. The molecule has 1 aliphatic rings. The summed E-state index contributed by atoms with van der Waals surface area (Å²) < 4.78 is 0. The number of thiazole rings is 1. The summed E-state index contributed by atoms with van der Waals surface area (Å²) in [4.78, 5) is 18.0. The Morgan fingerprint density at radius 1 is 1.38 bits per heavy atom. The molecule has 1 aliphatic carbocycles. The highest BCUT2D eigenvalue weighted by Gasteiger charge is 2.17. The van der Waals surface area contributed by atoms with Crippen molar-refractivity contribution in [2.24, 2.45) is 11.7 Å². The largest absolute Gasteiger partial charge is 0.356 e. The standard InChI is InChI=1S/C15H25N3OS.ClH/c1-10(11(2)16)15(19)17-9-5-8-14-18-12-6-3-4-7-13(12)20-14;/h10-11H,3-9,16H2,1-2H3,(H,17,19);1H. The third-order valence-corrected chi connectivity index (χ3v) is 5.18. The van der Waals surface area contributed by atoms with Gasteiger partial charge in [0, 0.05) is 29.8 Å². The third kappa shape index (κ3) is 5.24. The lowest BCUT2D eigenvalue weighted by Gasteiger charge is -2.14. The number of nitrogens with two attached hydrogens (primary N) is 1. The Labute approximate surface area is 137 Å². The van der Waals surface area contributed by atoms with Gasteiger partial charge in [0.15, 0.2) is 0 Å². The first-order valence-electron chi connectivity index (χ1n) is 7.58. The molecule has 1 aromatic heterocycles. The first kappa shape index (κ1) is 18.4. The van der Waals surface area contributed by atoms with Gasteiger partial charge in [0.05, 0.1) is 10.7 Å². The second kappa shape index (κ2) is 8.71. The van der Waals surface area contributed by atoms with Gasteiger partial charge in [0.1, 0.15) is 0 Å². The minimum absolute atomic E-state index is 0. The van der Waals surface area contributed by atoms with Gasteiger partial charge in [-0.1, -0.05) is 6.92 Å². The summed E-state index contributed by atoms with van der Waals surface area (Å²) in [6.07, 6.45) is 6.85. The molecule has 1 heterocycles. The molecule has 2 unspecified atom stereocenters. The fraction of sp³-hybridized carbons (Fsp3) is 0.733. The predicted octanol–water partition coefficient (Wildman–Crippen LogP) is 2.48. The number of fused-ring (bicyclic) bond motifs is 1. The number of hydrogen-bond donors (Lipinski definition) is 2. The van der Waals surface area contributed by atoms with Crippen LogP contribution in [0.2, 0.25) is 0 Å². The fourth-order valence-corrected chi connectivity index (χ4v) is 3.56. The fourth-order valence-electron chi connectivity index (χ4n) is 2.36. The van der Waals surface area contributed by atoms with E-state index in [1.165, 1.54) is 34.8 Å². The van der Waals surface area contributed by atoms with Crippen LogP contribution >= 0.6 is 23.7 Å². The van der Waals surface area contributed by atoms with Crippen molar-refractivity contribution in [3.05, 3.63) is 15.6 Å². The van der Waals surface area contributed by atoms with Crippen molar-refractivity contribution in [2.45, 2.75) is 58.4 Å². The van der Waals surface area contributed by atoms with Crippen LogP contribution in [-0.2, 0) is 24.1 Å². The molecule has 4 nitrogen and oxygen atoms in total. The zero-order valence-corrected chi connectivity index (χ0v) is 14.5. The number of carbonyl (C=O) groups excluding carboxylic acids is 1. The lowest BCUT2D eigenvalue weighted by atomic mass is 10.0. The lowest BCUT2D eigenvalue weighted by Crippen LogP contribution is -2.39. The van der Waals surface area contributed by atoms with Crippen LogP contribution in [0.3, 0.4) is 0 Å². The smallest absolute Gasteiger partial charge is 0.224 e. The van der Waals surface area contributed by atoms with E-state index in [4.69, 9.17) is 10.7 Å². The molecule has 0 bridgehead atoms. The average Bonchev–Trinajstić information content (AvgIpc) is 2.85. The maximum Gasteiger partial charge on any atom is 0.224 e. The third-order valence-electron chi connectivity index (χ3n) is 3.96. The van der Waals surface area contributed by atoms with Crippen LogP contribution in [0.15, 0.2) is 0 Å². The predicted molar refractivity (Wildman–Crippen MR) is 90.1 cm³/mol. The van der Waals surface area contributed by atoms with E-state index in [0.717, 1.165) is 19.3 Å². The molecule has 0 fully saturated rings. The number of nitrogens with zero attached hydrogens (tertiary/aromatic N) is 1. The molecular weight excluding hydrogens is 306 g/mol. The summed E-state index contributed by atoms with van der Waals surface area (Å²) in [5, 5.41) is 4.18. The Bertz CT molecular complexity index is 438. The molecule has 2 atom stereocenters. The molecule has 0 saturated heterocycles. The molecule has 0 radical (unpaired) electrons. The highest BCUT2D eigenvalue weighted by molar-refractivity contribution is 7.11. The molecule has 120 valence electrons. The number of rotatable bonds is 6. The van der Waals surface area contributed by atoms with Gasteiger partial charge in [-0.25, -0.2) is 4.98 Å². The Hall–Kier alpha value is -0.650. The molecule has 6 heteroatoms. The van der Waals surface area contributed by atoms with Gasteiger partial charge in [0.25, 0.3) is 0 Å². The first-order valence-corrected chi connectivity index (χ1v) is 8.40. The van der Waals surface area contributed by atoms with Gasteiger partial charge in [-0.05, 0) is 39.0 Å². The Balaban J connectivity index is 0.00000220. The minimum atomic E-state index is -0.123. The van der Waals surface area contributed by atoms with E-state index in [1.807, 2.05) is 25.2 Å². The lowest BCUT2D eigenvalue weighted by molar-refractivity contribution is -0.124. The van der Waals surface area contributed by atoms with Crippen LogP contribution in [0.1, 0.15) is 48.7 Å². The number of carbonyl (C=O) groups is 1. The SMILES string of the molecule is CC(N)C(C)C(=O)NCCCc1nc2c(s1)CCCC2.Cl. The summed E-state index contributed by atoms with van der Waals surface area (Å²) in [6.45, 7) is 4.44. The van der Waals surface area contributed by atoms with E-state index in [0.29, 0.717) is 6.54 Å². The summed E-state index contributed by atoms with van der Waals surface area (Å²) >= 11 is 1.86. The van der Waals surface area contributed by atoms with Gasteiger partial charge in [0.2, 0.25) is 5.91 Å². The van der Waals surface area contributed by atoms with Gasteiger partial charge in [-0.15, -0.1) is 23.7 Å². The normalized spacial score (nSPS) is 16.5. The molecule has 2 rings (SSSR count). The molecule has 21 heavy (non-hydrogen) atoms. The van der Waals surface area contributed by atoms with Crippen LogP contribution in [0.4, 0.5) is 0 Å². The van der Waals surface area contributed by atoms with Crippen LogP contribution in [0, 0.1) is 5.92 Å².